The van der Waals surface area contributed by atoms with Crippen molar-refractivity contribution in [2.24, 2.45) is 11.1 Å². The fraction of sp³-hybridized carbons (Fsp3) is 0.462. The third kappa shape index (κ3) is 4.04. The number of carbonyl (C=O) groups is 1. The van der Waals surface area contributed by atoms with Crippen LogP contribution in [0.25, 0.3) is 0 Å². The molecule has 0 aliphatic heterocycles. The van der Waals surface area contributed by atoms with E-state index in [4.69, 9.17) is 9.88 Å². The summed E-state index contributed by atoms with van der Waals surface area (Å²) < 4.78 is 28.3. The quantitative estimate of drug-likeness (QED) is 0.815. The molecule has 0 heterocycles. The molecule has 1 aliphatic carbocycles. The summed E-state index contributed by atoms with van der Waals surface area (Å²) in [5.74, 6) is 0.126. The van der Waals surface area contributed by atoms with Crippen LogP contribution in [0.1, 0.15) is 36.0 Å². The minimum Gasteiger partial charge on any atom is -0.462 e. The predicted molar refractivity (Wildman–Crippen MR) is 77.8 cm³/mol. The summed E-state index contributed by atoms with van der Waals surface area (Å²) in [4.78, 5) is 11.8. The largest absolute Gasteiger partial charge is 0.462 e. The highest BCUT2D eigenvalue weighted by Gasteiger charge is 2.19. The van der Waals surface area contributed by atoms with Crippen LogP contribution < -0.4 is 5.14 Å². The van der Waals surface area contributed by atoms with E-state index in [1.165, 1.54) is 37.5 Å². The molecule has 2 rings (SSSR count). The van der Waals surface area contributed by atoms with Gasteiger partial charge in [-0.25, -0.2) is 18.4 Å². The van der Waals surface area contributed by atoms with Crippen LogP contribution in [0.5, 0.6) is 0 Å². The van der Waals surface area contributed by atoms with Gasteiger partial charge in [-0.2, -0.15) is 0 Å². The molecule has 1 fully saturated rings. The van der Waals surface area contributed by atoms with Gasteiger partial charge in [0.15, 0.2) is 0 Å². The Balaban J connectivity index is 2.03. The molecule has 1 aromatic carbocycles. The molecule has 110 valence electrons. The Morgan fingerprint density at radius 2 is 2.05 bits per heavy atom. The molecule has 1 aromatic rings. The van der Waals surface area contributed by atoms with Gasteiger partial charge < -0.3 is 4.74 Å². The van der Waals surface area contributed by atoms with Gasteiger partial charge in [0.25, 0.3) is 0 Å². The van der Waals surface area contributed by atoms with Gasteiger partial charge in [-0.1, -0.05) is 35.2 Å². The molecule has 0 bridgehead atoms. The summed E-state index contributed by atoms with van der Waals surface area (Å²) >= 11 is 3.16. The lowest BCUT2D eigenvalue weighted by atomic mass is 9.83. The van der Waals surface area contributed by atoms with Crippen molar-refractivity contribution in [2.75, 3.05) is 6.61 Å². The van der Waals surface area contributed by atoms with E-state index in [9.17, 15) is 13.2 Å². The van der Waals surface area contributed by atoms with Crippen LogP contribution in [0, 0.1) is 5.92 Å². The van der Waals surface area contributed by atoms with E-state index in [1.54, 1.807) is 0 Å². The van der Waals surface area contributed by atoms with E-state index in [0.29, 0.717) is 17.0 Å². The first-order valence-corrected chi connectivity index (χ1v) is 8.71. The Morgan fingerprint density at radius 3 is 2.60 bits per heavy atom. The second kappa shape index (κ2) is 6.24. The number of rotatable bonds is 5. The smallest absolute Gasteiger partial charge is 0.338 e. The Labute approximate surface area is 126 Å². The van der Waals surface area contributed by atoms with Crippen molar-refractivity contribution in [1.29, 1.82) is 0 Å². The second-order valence-electron chi connectivity index (χ2n) is 4.94. The van der Waals surface area contributed by atoms with Crippen molar-refractivity contribution in [1.82, 2.24) is 0 Å². The number of carbonyl (C=O) groups excluding carboxylic acids is 1. The standard InChI is InChI=1S/C13H16BrNO4S/c14-11-6-10(7-12(8-11)20(15,17)18)13(16)19-5-4-9-2-1-3-9/h6-9H,1-5H2,(H2,15,17,18). The summed E-state index contributed by atoms with van der Waals surface area (Å²) in [5, 5.41) is 5.06. The molecule has 0 spiro atoms. The number of primary sulfonamides is 1. The van der Waals surface area contributed by atoms with Crippen molar-refractivity contribution >= 4 is 31.9 Å². The van der Waals surface area contributed by atoms with Gasteiger partial charge in [0.05, 0.1) is 17.1 Å². The Kier molecular flexibility index (Phi) is 4.82. The molecule has 0 unspecified atom stereocenters. The number of sulfonamides is 1. The molecule has 7 heteroatoms. The molecule has 0 saturated heterocycles. The average Bonchev–Trinajstić information content (AvgIpc) is 2.30. The third-order valence-corrected chi connectivity index (χ3v) is 4.77. The first-order chi connectivity index (χ1) is 9.36. The number of esters is 1. The van der Waals surface area contributed by atoms with E-state index >= 15 is 0 Å². The number of hydrogen-bond donors (Lipinski definition) is 1. The van der Waals surface area contributed by atoms with Crippen LogP contribution in [0.2, 0.25) is 0 Å². The second-order valence-corrected chi connectivity index (χ2v) is 7.42. The molecule has 1 saturated carbocycles. The number of benzene rings is 1. The van der Waals surface area contributed by atoms with E-state index in [2.05, 4.69) is 15.9 Å². The number of nitrogens with two attached hydrogens (primary N) is 1. The monoisotopic (exact) mass is 361 g/mol. The first kappa shape index (κ1) is 15.5. The summed E-state index contributed by atoms with van der Waals surface area (Å²) in [7, 11) is -3.85. The van der Waals surface area contributed by atoms with Gasteiger partial charge in [0.1, 0.15) is 0 Å². The number of halogens is 1. The predicted octanol–water partition coefficient (Wildman–Crippen LogP) is 2.44. The molecule has 2 N–H and O–H groups in total. The lowest BCUT2D eigenvalue weighted by molar-refractivity contribution is 0.0464. The third-order valence-electron chi connectivity index (χ3n) is 3.42. The van der Waals surface area contributed by atoms with Crippen LogP contribution in [-0.4, -0.2) is 21.0 Å². The van der Waals surface area contributed by atoms with Crippen LogP contribution >= 0.6 is 15.9 Å². The van der Waals surface area contributed by atoms with E-state index in [0.717, 1.165) is 6.42 Å². The lowest BCUT2D eigenvalue weighted by Gasteiger charge is -2.24. The molecule has 5 nitrogen and oxygen atoms in total. The van der Waals surface area contributed by atoms with Crippen LogP contribution in [0.15, 0.2) is 27.6 Å². The van der Waals surface area contributed by atoms with Gasteiger partial charge >= 0.3 is 5.97 Å². The molecular formula is C13H16BrNO4S. The maximum atomic E-state index is 11.9. The topological polar surface area (TPSA) is 86.5 Å². The minimum atomic E-state index is -3.85. The highest BCUT2D eigenvalue weighted by molar-refractivity contribution is 9.10. The highest BCUT2D eigenvalue weighted by Crippen LogP contribution is 2.29. The van der Waals surface area contributed by atoms with Gasteiger partial charge in [-0.05, 0) is 30.5 Å². The Morgan fingerprint density at radius 1 is 1.35 bits per heavy atom. The average molecular weight is 362 g/mol. The fourth-order valence-corrected chi connectivity index (χ4v) is 3.26. The van der Waals surface area contributed by atoms with Crippen molar-refractivity contribution in [3.8, 4) is 0 Å². The Bertz CT molecular complexity index is 611. The van der Waals surface area contributed by atoms with Crippen LogP contribution in [0.4, 0.5) is 0 Å². The summed E-state index contributed by atoms with van der Waals surface area (Å²) in [6, 6.07) is 4.09. The first-order valence-electron chi connectivity index (χ1n) is 6.37. The van der Waals surface area contributed by atoms with Gasteiger partial charge in [0.2, 0.25) is 10.0 Å². The maximum absolute atomic E-state index is 11.9. The minimum absolute atomic E-state index is 0.113. The van der Waals surface area contributed by atoms with Crippen molar-refractivity contribution in [3.63, 3.8) is 0 Å². The van der Waals surface area contributed by atoms with Gasteiger partial charge in [0, 0.05) is 4.47 Å². The van der Waals surface area contributed by atoms with E-state index < -0.39 is 16.0 Å². The molecule has 0 atom stereocenters. The molecule has 0 radical (unpaired) electrons. The molecular weight excluding hydrogens is 346 g/mol. The van der Waals surface area contributed by atoms with Crippen LogP contribution in [-0.2, 0) is 14.8 Å². The summed E-state index contributed by atoms with van der Waals surface area (Å²) in [5.41, 5.74) is 0.178. The normalized spacial score (nSPS) is 15.7. The van der Waals surface area contributed by atoms with E-state index in [-0.39, 0.29) is 10.5 Å². The molecule has 0 amide bonds. The zero-order chi connectivity index (χ0) is 14.8. The Hall–Kier alpha value is -0.920. The number of ether oxygens (including phenoxy) is 1. The zero-order valence-corrected chi connectivity index (χ0v) is 13.2. The summed E-state index contributed by atoms with van der Waals surface area (Å²) in [6.07, 6.45) is 4.51. The molecule has 1 aliphatic rings. The lowest BCUT2D eigenvalue weighted by Crippen LogP contribution is -2.16. The highest BCUT2D eigenvalue weighted by atomic mass is 79.9. The fourth-order valence-electron chi connectivity index (χ4n) is 2.03. The molecule has 20 heavy (non-hydrogen) atoms. The van der Waals surface area contributed by atoms with E-state index in [1.807, 2.05) is 0 Å². The number of hydrogen-bond acceptors (Lipinski definition) is 4. The zero-order valence-electron chi connectivity index (χ0n) is 10.8. The van der Waals surface area contributed by atoms with Crippen molar-refractivity contribution in [2.45, 2.75) is 30.6 Å². The SMILES string of the molecule is NS(=O)(=O)c1cc(Br)cc(C(=O)OCCC2CCC2)c1. The maximum Gasteiger partial charge on any atom is 0.338 e. The molecule has 0 aromatic heterocycles. The van der Waals surface area contributed by atoms with Crippen LogP contribution in [0.3, 0.4) is 0 Å². The van der Waals surface area contributed by atoms with Gasteiger partial charge in [-0.15, -0.1) is 0 Å². The van der Waals surface area contributed by atoms with Crippen molar-refractivity contribution in [3.05, 3.63) is 28.2 Å². The van der Waals surface area contributed by atoms with Gasteiger partial charge in [-0.3, -0.25) is 0 Å². The summed E-state index contributed by atoms with van der Waals surface area (Å²) in [6.45, 7) is 0.362. The van der Waals surface area contributed by atoms with Crippen molar-refractivity contribution < 1.29 is 17.9 Å².